The van der Waals surface area contributed by atoms with E-state index in [1.165, 1.54) is 17.3 Å². The molecule has 4 atom stereocenters. The monoisotopic (exact) mass is 410 g/mol. The molecule has 0 radical (unpaired) electrons. The molecule has 4 aliphatic rings. The number of hydrogen-bond acceptors (Lipinski definition) is 2. The van der Waals surface area contributed by atoms with Crippen LogP contribution in [0.4, 0.5) is 8.78 Å². The molecule has 1 aromatic rings. The van der Waals surface area contributed by atoms with Gasteiger partial charge in [0, 0.05) is 36.0 Å². The van der Waals surface area contributed by atoms with Gasteiger partial charge in [0.25, 0.3) is 6.43 Å². The molecule has 158 valence electrons. The van der Waals surface area contributed by atoms with Crippen molar-refractivity contribution in [2.45, 2.75) is 52.4 Å². The fourth-order valence-corrected chi connectivity index (χ4v) is 6.70. The highest BCUT2D eigenvalue weighted by molar-refractivity contribution is 5.89. The largest absolute Gasteiger partial charge is 0.353 e. The Kier molecular flexibility index (Phi) is 4.49. The number of carbonyl (C=O) groups is 1. The Hall–Kier alpha value is -2.30. The minimum Gasteiger partial charge on any atom is -0.353 e. The van der Waals surface area contributed by atoms with E-state index in [1.54, 1.807) is 12.3 Å². The number of nitrogens with zero attached hydrogens (tertiary/aromatic N) is 1. The zero-order chi connectivity index (χ0) is 21.1. The molecule has 0 bridgehead atoms. The highest BCUT2D eigenvalue weighted by Crippen LogP contribution is 2.64. The highest BCUT2D eigenvalue weighted by atomic mass is 19.3. The first-order valence-electron chi connectivity index (χ1n) is 11.0. The van der Waals surface area contributed by atoms with E-state index in [4.69, 9.17) is 0 Å². The Morgan fingerprint density at radius 2 is 2.00 bits per heavy atom. The summed E-state index contributed by atoms with van der Waals surface area (Å²) < 4.78 is 26.5. The van der Waals surface area contributed by atoms with Crippen molar-refractivity contribution in [3.63, 3.8) is 0 Å². The molecule has 5 rings (SSSR count). The minimum atomic E-state index is -2.51. The summed E-state index contributed by atoms with van der Waals surface area (Å²) in [5.41, 5.74) is 4.59. The second-order valence-electron chi connectivity index (χ2n) is 9.76. The molecule has 30 heavy (non-hydrogen) atoms. The van der Waals surface area contributed by atoms with Crippen LogP contribution in [0.2, 0.25) is 0 Å². The second kappa shape index (κ2) is 6.86. The van der Waals surface area contributed by atoms with Gasteiger partial charge in [-0.3, -0.25) is 9.78 Å². The van der Waals surface area contributed by atoms with Crippen LogP contribution in [-0.4, -0.2) is 17.4 Å². The molecule has 1 amide bonds. The Balaban J connectivity index is 1.47. The summed E-state index contributed by atoms with van der Waals surface area (Å²) >= 11 is 0. The molecule has 0 aromatic carbocycles. The van der Waals surface area contributed by atoms with E-state index in [9.17, 15) is 13.6 Å². The Labute approximate surface area is 176 Å². The Bertz CT molecular complexity index is 995. The molecule has 2 heterocycles. The van der Waals surface area contributed by atoms with E-state index in [1.807, 2.05) is 6.08 Å². The van der Waals surface area contributed by atoms with Gasteiger partial charge >= 0.3 is 0 Å². The van der Waals surface area contributed by atoms with E-state index < -0.39 is 6.43 Å². The van der Waals surface area contributed by atoms with E-state index in [0.29, 0.717) is 11.8 Å². The summed E-state index contributed by atoms with van der Waals surface area (Å²) in [4.78, 5) is 16.2. The maximum atomic E-state index is 13.2. The smallest absolute Gasteiger partial charge is 0.265 e. The van der Waals surface area contributed by atoms with Crippen molar-refractivity contribution in [2.75, 3.05) is 6.54 Å². The molecule has 2 unspecified atom stereocenters. The van der Waals surface area contributed by atoms with Crippen molar-refractivity contribution in [1.82, 2.24) is 10.3 Å². The molecular weight excluding hydrogens is 382 g/mol. The van der Waals surface area contributed by atoms with Gasteiger partial charge in [0.2, 0.25) is 5.91 Å². The number of fused-ring (bicyclic) bond motifs is 5. The van der Waals surface area contributed by atoms with E-state index in [0.717, 1.165) is 49.8 Å². The molecule has 0 saturated heterocycles. The topological polar surface area (TPSA) is 42.0 Å². The third-order valence-corrected chi connectivity index (χ3v) is 8.35. The lowest BCUT2D eigenvalue weighted by Gasteiger charge is -2.55. The van der Waals surface area contributed by atoms with Crippen molar-refractivity contribution in [3.05, 3.63) is 59.0 Å². The van der Waals surface area contributed by atoms with Crippen LogP contribution in [0.1, 0.15) is 63.5 Å². The maximum Gasteiger partial charge on any atom is 0.265 e. The summed E-state index contributed by atoms with van der Waals surface area (Å²) in [5, 5.41) is 3.01. The van der Waals surface area contributed by atoms with Crippen molar-refractivity contribution in [2.24, 2.45) is 22.7 Å². The number of allylic oxidation sites excluding steroid dienone is 5. The van der Waals surface area contributed by atoms with Crippen LogP contribution < -0.4 is 5.32 Å². The van der Waals surface area contributed by atoms with Crippen molar-refractivity contribution >= 4 is 11.5 Å². The molecule has 2 fully saturated rings. The third kappa shape index (κ3) is 2.81. The number of alkyl halides is 2. The van der Waals surface area contributed by atoms with Gasteiger partial charge in [0.15, 0.2) is 0 Å². The van der Waals surface area contributed by atoms with Crippen molar-refractivity contribution in [3.8, 4) is 0 Å². The predicted molar refractivity (Wildman–Crippen MR) is 113 cm³/mol. The number of pyridine rings is 1. The third-order valence-electron chi connectivity index (χ3n) is 8.35. The number of carbonyl (C=O) groups excluding carboxylic acids is 1. The summed E-state index contributed by atoms with van der Waals surface area (Å²) in [6.07, 6.45) is 11.8. The summed E-state index contributed by atoms with van der Waals surface area (Å²) in [6, 6.07) is 1.60. The zero-order valence-electron chi connectivity index (χ0n) is 17.6. The average molecular weight is 411 g/mol. The van der Waals surface area contributed by atoms with Crippen LogP contribution in [0, 0.1) is 22.7 Å². The number of nitrogens with one attached hydrogen (secondary N) is 1. The molecule has 1 aliphatic heterocycles. The first kappa shape index (κ1) is 19.7. The van der Waals surface area contributed by atoms with Gasteiger partial charge in [-0.2, -0.15) is 0 Å². The van der Waals surface area contributed by atoms with Gasteiger partial charge in [-0.25, -0.2) is 8.78 Å². The van der Waals surface area contributed by atoms with Crippen LogP contribution in [0.25, 0.3) is 5.57 Å². The molecule has 5 heteroatoms. The molecule has 3 nitrogen and oxygen atoms in total. The van der Waals surface area contributed by atoms with Crippen LogP contribution in [0.15, 0.2) is 47.8 Å². The lowest BCUT2D eigenvalue weighted by molar-refractivity contribution is -0.116. The van der Waals surface area contributed by atoms with E-state index >= 15 is 0 Å². The summed E-state index contributed by atoms with van der Waals surface area (Å²) in [7, 11) is 0. The zero-order valence-corrected chi connectivity index (χ0v) is 17.6. The maximum absolute atomic E-state index is 13.2. The fraction of sp³-hybridized carbons (Fsp3) is 0.520. The SMILES string of the molecule is C[C@]12CCC3C(CCC4=CC(=O)NCC[C@@]43C)C1=CC=C2c1cncc(C(F)F)c1. The molecule has 0 spiro atoms. The lowest BCUT2D eigenvalue weighted by Crippen LogP contribution is -2.46. The minimum absolute atomic E-state index is 0.0188. The predicted octanol–water partition coefficient (Wildman–Crippen LogP) is 5.62. The number of aromatic nitrogens is 1. The van der Waals surface area contributed by atoms with Crippen LogP contribution in [-0.2, 0) is 4.79 Å². The standard InChI is InChI=1S/C25H28F2N2O/c1-24-9-10-29-22(30)12-17(24)3-4-18-20-6-5-19(25(20,2)8-7-21(18)24)15-11-16(23(26)27)14-28-13-15/h5-6,11-14,18,21,23H,3-4,7-10H2,1-2H3,(H,29,30)/t18?,21?,24-,25+/m0/s1. The van der Waals surface area contributed by atoms with E-state index in [2.05, 4.69) is 36.3 Å². The van der Waals surface area contributed by atoms with Gasteiger partial charge in [0.1, 0.15) is 0 Å². The van der Waals surface area contributed by atoms with Crippen molar-refractivity contribution < 1.29 is 13.6 Å². The average Bonchev–Trinajstić information content (AvgIpc) is 2.99. The molecule has 2 saturated carbocycles. The van der Waals surface area contributed by atoms with Gasteiger partial charge < -0.3 is 5.32 Å². The normalized spacial score (nSPS) is 35.4. The van der Waals surface area contributed by atoms with Gasteiger partial charge in [-0.05, 0) is 66.6 Å². The molecule has 1 aromatic heterocycles. The van der Waals surface area contributed by atoms with Gasteiger partial charge in [-0.15, -0.1) is 0 Å². The highest BCUT2D eigenvalue weighted by Gasteiger charge is 2.54. The summed E-state index contributed by atoms with van der Waals surface area (Å²) in [6.45, 7) is 5.34. The van der Waals surface area contributed by atoms with Crippen LogP contribution >= 0.6 is 0 Å². The number of amides is 1. The second-order valence-corrected chi connectivity index (χ2v) is 9.76. The Morgan fingerprint density at radius 1 is 1.17 bits per heavy atom. The quantitative estimate of drug-likeness (QED) is 0.687. The summed E-state index contributed by atoms with van der Waals surface area (Å²) in [5.74, 6) is 1.03. The molecule has 3 aliphatic carbocycles. The van der Waals surface area contributed by atoms with Crippen LogP contribution in [0.5, 0.6) is 0 Å². The number of hydrogen-bond donors (Lipinski definition) is 1. The first-order chi connectivity index (χ1) is 14.3. The Morgan fingerprint density at radius 3 is 2.80 bits per heavy atom. The molecule has 1 N–H and O–H groups in total. The number of halogens is 2. The first-order valence-corrected chi connectivity index (χ1v) is 11.0. The fourth-order valence-electron chi connectivity index (χ4n) is 6.70. The number of rotatable bonds is 2. The molecular formula is C25H28F2N2O. The van der Waals surface area contributed by atoms with E-state index in [-0.39, 0.29) is 22.3 Å². The van der Waals surface area contributed by atoms with Crippen LogP contribution in [0.3, 0.4) is 0 Å². The van der Waals surface area contributed by atoms with Gasteiger partial charge in [-0.1, -0.05) is 37.1 Å². The lowest BCUT2D eigenvalue weighted by atomic mass is 9.49. The van der Waals surface area contributed by atoms with Crippen molar-refractivity contribution in [1.29, 1.82) is 0 Å². The van der Waals surface area contributed by atoms with Gasteiger partial charge in [0.05, 0.1) is 0 Å².